The molecule has 0 amide bonds. The van der Waals surface area contributed by atoms with E-state index in [4.69, 9.17) is 4.74 Å². The zero-order valence-corrected chi connectivity index (χ0v) is 9.00. The number of benzene rings is 1. The van der Waals surface area contributed by atoms with Crippen LogP contribution < -0.4 is 14.2 Å². The highest BCUT2D eigenvalue weighted by Gasteiger charge is 2.31. The van der Waals surface area contributed by atoms with Crippen LogP contribution in [-0.4, -0.2) is 19.4 Å². The fourth-order valence-corrected chi connectivity index (χ4v) is 1.09. The Hall–Kier alpha value is -1.92. The molecule has 0 fully saturated rings. The van der Waals surface area contributed by atoms with Crippen molar-refractivity contribution in [3.05, 3.63) is 18.2 Å². The Bertz CT molecular complexity index is 415. The maximum Gasteiger partial charge on any atom is 0.573 e. The number of methoxy groups -OCH3 is 1. The smallest absolute Gasteiger partial charge is 0.493 e. The van der Waals surface area contributed by atoms with E-state index in [2.05, 4.69) is 9.47 Å². The molecule has 4 nitrogen and oxygen atoms in total. The maximum absolute atomic E-state index is 12.0. The highest BCUT2D eigenvalue weighted by Crippen LogP contribution is 2.33. The highest BCUT2D eigenvalue weighted by molar-refractivity contribution is 5.70. The lowest BCUT2D eigenvalue weighted by molar-refractivity contribution is -0.274. The number of halogens is 3. The second kappa shape index (κ2) is 4.94. The van der Waals surface area contributed by atoms with Crippen LogP contribution in [-0.2, 0) is 4.79 Å². The Morgan fingerprint density at radius 1 is 1.24 bits per heavy atom. The number of esters is 1. The van der Waals surface area contributed by atoms with Crippen LogP contribution in [0.2, 0.25) is 0 Å². The van der Waals surface area contributed by atoms with E-state index in [0.717, 1.165) is 19.1 Å². The van der Waals surface area contributed by atoms with E-state index in [1.54, 1.807) is 0 Å². The summed E-state index contributed by atoms with van der Waals surface area (Å²) in [7, 11) is 1.30. The van der Waals surface area contributed by atoms with Gasteiger partial charge in [0.05, 0.1) is 7.11 Å². The summed E-state index contributed by atoms with van der Waals surface area (Å²) in [5, 5.41) is 0. The van der Waals surface area contributed by atoms with E-state index in [9.17, 15) is 18.0 Å². The van der Waals surface area contributed by atoms with Crippen LogP contribution in [0.1, 0.15) is 6.92 Å². The van der Waals surface area contributed by atoms with E-state index in [-0.39, 0.29) is 11.5 Å². The van der Waals surface area contributed by atoms with Crippen molar-refractivity contribution >= 4 is 5.97 Å². The van der Waals surface area contributed by atoms with Crippen molar-refractivity contribution in [2.24, 2.45) is 0 Å². The predicted molar refractivity (Wildman–Crippen MR) is 51.0 cm³/mol. The number of rotatable bonds is 3. The summed E-state index contributed by atoms with van der Waals surface area (Å²) in [6, 6.07) is 3.19. The first kappa shape index (κ1) is 13.1. The van der Waals surface area contributed by atoms with Crippen molar-refractivity contribution in [2.75, 3.05) is 7.11 Å². The molecule has 0 spiro atoms. The Morgan fingerprint density at radius 3 is 2.35 bits per heavy atom. The molecule has 1 aromatic rings. The Kier molecular flexibility index (Phi) is 3.82. The molecule has 0 unspecified atom stereocenters. The SMILES string of the molecule is COc1ccc(OC(F)(F)F)cc1OC(C)=O. The van der Waals surface area contributed by atoms with Gasteiger partial charge in [0.2, 0.25) is 0 Å². The first-order valence-electron chi connectivity index (χ1n) is 4.44. The molecule has 0 aromatic heterocycles. The molecule has 1 aromatic carbocycles. The van der Waals surface area contributed by atoms with Gasteiger partial charge in [-0.15, -0.1) is 13.2 Å². The second-order valence-corrected chi connectivity index (χ2v) is 2.95. The fraction of sp³-hybridized carbons (Fsp3) is 0.300. The molecule has 0 saturated carbocycles. The van der Waals surface area contributed by atoms with Crippen molar-refractivity contribution in [3.8, 4) is 17.2 Å². The molecule has 0 N–H and O–H groups in total. The van der Waals surface area contributed by atoms with Crippen LogP contribution in [0.3, 0.4) is 0 Å². The van der Waals surface area contributed by atoms with Gasteiger partial charge >= 0.3 is 12.3 Å². The summed E-state index contributed by atoms with van der Waals surface area (Å²) >= 11 is 0. The topological polar surface area (TPSA) is 44.8 Å². The molecular weight excluding hydrogens is 241 g/mol. The van der Waals surface area contributed by atoms with Crippen LogP contribution in [0, 0.1) is 0 Å². The van der Waals surface area contributed by atoms with Gasteiger partial charge in [0.1, 0.15) is 5.75 Å². The van der Waals surface area contributed by atoms with Crippen molar-refractivity contribution in [2.45, 2.75) is 13.3 Å². The average Bonchev–Trinajstić information content (AvgIpc) is 2.14. The minimum absolute atomic E-state index is 0.134. The molecule has 0 bridgehead atoms. The van der Waals surface area contributed by atoms with Crippen LogP contribution >= 0.6 is 0 Å². The zero-order chi connectivity index (χ0) is 13.1. The number of hydrogen-bond donors (Lipinski definition) is 0. The van der Waals surface area contributed by atoms with Crippen molar-refractivity contribution in [3.63, 3.8) is 0 Å². The van der Waals surface area contributed by atoms with Gasteiger partial charge in [-0.05, 0) is 12.1 Å². The minimum Gasteiger partial charge on any atom is -0.493 e. The Labute approximate surface area is 94.9 Å². The summed E-state index contributed by atoms with van der Waals surface area (Å²) in [4.78, 5) is 10.7. The van der Waals surface area contributed by atoms with E-state index < -0.39 is 18.1 Å². The molecule has 0 atom stereocenters. The lowest BCUT2D eigenvalue weighted by Crippen LogP contribution is -2.17. The van der Waals surface area contributed by atoms with Crippen LogP contribution in [0.4, 0.5) is 13.2 Å². The van der Waals surface area contributed by atoms with Gasteiger partial charge in [0.25, 0.3) is 0 Å². The van der Waals surface area contributed by atoms with E-state index in [0.29, 0.717) is 0 Å². The van der Waals surface area contributed by atoms with Crippen LogP contribution in [0.5, 0.6) is 17.2 Å². The van der Waals surface area contributed by atoms with Gasteiger partial charge < -0.3 is 14.2 Å². The minimum atomic E-state index is -4.80. The summed E-state index contributed by atoms with van der Waals surface area (Å²) in [6.45, 7) is 1.12. The van der Waals surface area contributed by atoms with Crippen LogP contribution in [0.15, 0.2) is 18.2 Å². The molecule has 0 aliphatic rings. The fourth-order valence-electron chi connectivity index (χ4n) is 1.09. The largest absolute Gasteiger partial charge is 0.573 e. The lowest BCUT2D eigenvalue weighted by atomic mass is 10.3. The summed E-state index contributed by atoms with van der Waals surface area (Å²) in [5.41, 5.74) is 0. The molecule has 0 heterocycles. The molecule has 94 valence electrons. The third kappa shape index (κ3) is 4.21. The number of alkyl halides is 3. The molecular formula is C10H9F3O4. The Balaban J connectivity index is 3.00. The van der Waals surface area contributed by atoms with Gasteiger partial charge in [-0.1, -0.05) is 0 Å². The molecule has 0 saturated heterocycles. The number of carbonyl (C=O) groups excluding carboxylic acids is 1. The molecule has 7 heteroatoms. The average molecular weight is 250 g/mol. The Morgan fingerprint density at radius 2 is 1.88 bits per heavy atom. The molecule has 17 heavy (non-hydrogen) atoms. The van der Waals surface area contributed by atoms with Gasteiger partial charge in [-0.2, -0.15) is 0 Å². The number of ether oxygens (including phenoxy) is 3. The predicted octanol–water partition coefficient (Wildman–Crippen LogP) is 2.52. The van der Waals surface area contributed by atoms with Gasteiger partial charge in [0, 0.05) is 13.0 Å². The third-order valence-corrected chi connectivity index (χ3v) is 1.62. The normalized spacial score (nSPS) is 10.9. The quantitative estimate of drug-likeness (QED) is 0.610. The summed E-state index contributed by atoms with van der Waals surface area (Å²) < 4.78 is 49.0. The van der Waals surface area contributed by atoms with Crippen molar-refractivity contribution < 1.29 is 32.2 Å². The number of hydrogen-bond acceptors (Lipinski definition) is 4. The molecule has 0 radical (unpaired) electrons. The first-order chi connectivity index (χ1) is 7.81. The monoisotopic (exact) mass is 250 g/mol. The van der Waals surface area contributed by atoms with Crippen LogP contribution in [0.25, 0.3) is 0 Å². The van der Waals surface area contributed by atoms with E-state index in [1.807, 2.05) is 0 Å². The van der Waals surface area contributed by atoms with E-state index in [1.165, 1.54) is 13.2 Å². The highest BCUT2D eigenvalue weighted by atomic mass is 19.4. The van der Waals surface area contributed by atoms with Gasteiger partial charge in [-0.25, -0.2) is 0 Å². The van der Waals surface area contributed by atoms with E-state index >= 15 is 0 Å². The first-order valence-corrected chi connectivity index (χ1v) is 4.44. The molecule has 0 aliphatic carbocycles. The third-order valence-electron chi connectivity index (χ3n) is 1.62. The lowest BCUT2D eigenvalue weighted by Gasteiger charge is -2.12. The molecule has 1 rings (SSSR count). The summed E-state index contributed by atoms with van der Waals surface area (Å²) in [6.07, 6.45) is -4.80. The standard InChI is InChI=1S/C10H9F3O4/c1-6(14)16-9-5-7(17-10(11,12)13)3-4-8(9)15-2/h3-5H,1-2H3. The second-order valence-electron chi connectivity index (χ2n) is 2.95. The van der Waals surface area contributed by atoms with Gasteiger partial charge in [-0.3, -0.25) is 4.79 Å². The number of carbonyl (C=O) groups is 1. The molecule has 0 aliphatic heterocycles. The maximum atomic E-state index is 12.0. The van der Waals surface area contributed by atoms with Crippen molar-refractivity contribution in [1.82, 2.24) is 0 Å². The van der Waals surface area contributed by atoms with Crippen molar-refractivity contribution in [1.29, 1.82) is 0 Å². The summed E-state index contributed by atoms with van der Waals surface area (Å²) in [5.74, 6) is -1.17. The zero-order valence-electron chi connectivity index (χ0n) is 9.00. The van der Waals surface area contributed by atoms with Gasteiger partial charge in [0.15, 0.2) is 11.5 Å².